The van der Waals surface area contributed by atoms with Gasteiger partial charge in [0.05, 0.1) is 5.37 Å². The molecule has 0 aromatic rings. The second kappa shape index (κ2) is 4.71. The van der Waals surface area contributed by atoms with Gasteiger partial charge in [0.25, 0.3) is 0 Å². The molecule has 0 bridgehead atoms. The molecule has 1 N–H and O–H groups in total. The van der Waals surface area contributed by atoms with E-state index in [-0.39, 0.29) is 5.75 Å². The Labute approximate surface area is 98.0 Å². The number of rotatable bonds is 3. The van der Waals surface area contributed by atoms with Gasteiger partial charge in [-0.05, 0) is 6.92 Å². The Morgan fingerprint density at radius 2 is 2.00 bits per heavy atom. The zero-order chi connectivity index (χ0) is 13.4. The molecule has 98 valence electrons. The number of halogens is 4. The monoisotopic (exact) mass is 275 g/mol. The standard InChI is InChI=1S/C8H9F4NO3S/c1-3-13(4(2-17-3)5(14)15)7(16)8(11,12)6(9)10/h3-4,6H,2H2,1H3,(H,14,15). The molecule has 0 aromatic heterocycles. The smallest absolute Gasteiger partial charge is 0.383 e. The van der Waals surface area contributed by atoms with E-state index in [0.717, 1.165) is 11.8 Å². The van der Waals surface area contributed by atoms with Crippen LogP contribution in [0, 0.1) is 0 Å². The number of thioether (sulfide) groups is 1. The van der Waals surface area contributed by atoms with Crippen molar-refractivity contribution in [1.29, 1.82) is 0 Å². The van der Waals surface area contributed by atoms with E-state index in [1.807, 2.05) is 0 Å². The van der Waals surface area contributed by atoms with Gasteiger partial charge in [0, 0.05) is 5.75 Å². The summed E-state index contributed by atoms with van der Waals surface area (Å²) >= 11 is 0.944. The zero-order valence-electron chi connectivity index (χ0n) is 8.57. The fourth-order valence-electron chi connectivity index (χ4n) is 1.41. The lowest BCUT2D eigenvalue weighted by Crippen LogP contribution is -2.54. The van der Waals surface area contributed by atoms with Crippen LogP contribution in [0.3, 0.4) is 0 Å². The van der Waals surface area contributed by atoms with Gasteiger partial charge in [-0.15, -0.1) is 11.8 Å². The topological polar surface area (TPSA) is 57.6 Å². The number of hydrogen-bond acceptors (Lipinski definition) is 3. The number of carbonyl (C=O) groups is 2. The number of nitrogens with zero attached hydrogens (tertiary/aromatic N) is 1. The van der Waals surface area contributed by atoms with Crippen molar-refractivity contribution in [3.8, 4) is 0 Å². The van der Waals surface area contributed by atoms with Crippen LogP contribution >= 0.6 is 11.8 Å². The normalized spacial score (nSPS) is 25.4. The molecule has 1 rings (SSSR count). The molecule has 0 aliphatic carbocycles. The van der Waals surface area contributed by atoms with E-state index in [0.29, 0.717) is 4.90 Å². The lowest BCUT2D eigenvalue weighted by atomic mass is 10.2. The van der Waals surface area contributed by atoms with Gasteiger partial charge in [0.2, 0.25) is 0 Å². The molecule has 2 atom stereocenters. The second-order valence-electron chi connectivity index (χ2n) is 3.42. The molecule has 0 spiro atoms. The van der Waals surface area contributed by atoms with E-state index >= 15 is 0 Å². The van der Waals surface area contributed by atoms with Crippen LogP contribution in [0.2, 0.25) is 0 Å². The van der Waals surface area contributed by atoms with E-state index in [9.17, 15) is 27.2 Å². The van der Waals surface area contributed by atoms with Crippen molar-refractivity contribution in [2.24, 2.45) is 0 Å². The van der Waals surface area contributed by atoms with Crippen LogP contribution in [-0.4, -0.2) is 51.4 Å². The summed E-state index contributed by atoms with van der Waals surface area (Å²) in [4.78, 5) is 22.3. The predicted molar refractivity (Wildman–Crippen MR) is 51.1 cm³/mol. The average molecular weight is 275 g/mol. The Morgan fingerprint density at radius 3 is 2.41 bits per heavy atom. The SMILES string of the molecule is CC1SCC(C(=O)O)N1C(=O)C(F)(F)C(F)F. The van der Waals surface area contributed by atoms with Crippen molar-refractivity contribution < 1.29 is 32.3 Å². The Balaban J connectivity index is 2.97. The summed E-state index contributed by atoms with van der Waals surface area (Å²) in [5, 5.41) is 7.85. The molecule has 1 heterocycles. The minimum atomic E-state index is -4.85. The summed E-state index contributed by atoms with van der Waals surface area (Å²) in [6.07, 6.45) is -4.15. The first kappa shape index (κ1) is 14.1. The van der Waals surface area contributed by atoms with E-state index in [2.05, 4.69) is 0 Å². The molecule has 1 saturated heterocycles. The van der Waals surface area contributed by atoms with Crippen LogP contribution in [0.4, 0.5) is 17.6 Å². The first-order valence-corrected chi connectivity index (χ1v) is 5.57. The van der Waals surface area contributed by atoms with Crippen molar-refractivity contribution >= 4 is 23.6 Å². The molecule has 4 nitrogen and oxygen atoms in total. The highest BCUT2D eigenvalue weighted by Crippen LogP contribution is 2.34. The molecule has 1 aliphatic rings. The predicted octanol–water partition coefficient (Wildman–Crippen LogP) is 1.26. The Morgan fingerprint density at radius 1 is 1.47 bits per heavy atom. The minimum absolute atomic E-state index is 0.0957. The van der Waals surface area contributed by atoms with Gasteiger partial charge in [-0.2, -0.15) is 8.78 Å². The van der Waals surface area contributed by atoms with Crippen LogP contribution < -0.4 is 0 Å². The molecule has 1 fully saturated rings. The summed E-state index contributed by atoms with van der Waals surface area (Å²) < 4.78 is 49.8. The third kappa shape index (κ3) is 2.48. The number of amides is 1. The third-order valence-corrected chi connectivity index (χ3v) is 3.52. The molecule has 1 aliphatic heterocycles. The first-order chi connectivity index (χ1) is 7.69. The van der Waals surface area contributed by atoms with Crippen molar-refractivity contribution in [2.75, 3.05) is 5.75 Å². The average Bonchev–Trinajstić information content (AvgIpc) is 2.58. The van der Waals surface area contributed by atoms with Gasteiger partial charge in [-0.1, -0.05) is 0 Å². The number of hydrogen-bond donors (Lipinski definition) is 1. The van der Waals surface area contributed by atoms with Gasteiger partial charge in [-0.25, -0.2) is 13.6 Å². The molecule has 9 heteroatoms. The quantitative estimate of drug-likeness (QED) is 0.788. The maximum atomic E-state index is 12.9. The van der Waals surface area contributed by atoms with Crippen molar-refractivity contribution in [1.82, 2.24) is 4.90 Å². The fraction of sp³-hybridized carbons (Fsp3) is 0.750. The first-order valence-electron chi connectivity index (χ1n) is 4.52. The lowest BCUT2D eigenvalue weighted by Gasteiger charge is -2.28. The van der Waals surface area contributed by atoms with Crippen molar-refractivity contribution in [2.45, 2.75) is 30.7 Å². The lowest BCUT2D eigenvalue weighted by molar-refractivity contribution is -0.184. The molecule has 0 aromatic carbocycles. The highest BCUT2D eigenvalue weighted by molar-refractivity contribution is 8.00. The van der Waals surface area contributed by atoms with Crippen LogP contribution in [0.1, 0.15) is 6.92 Å². The molecule has 17 heavy (non-hydrogen) atoms. The van der Waals surface area contributed by atoms with E-state index in [4.69, 9.17) is 5.11 Å². The highest BCUT2D eigenvalue weighted by Gasteiger charge is 2.55. The molecular formula is C8H9F4NO3S. The molecule has 0 saturated carbocycles. The van der Waals surface area contributed by atoms with Gasteiger partial charge < -0.3 is 10.0 Å². The van der Waals surface area contributed by atoms with Crippen molar-refractivity contribution in [3.05, 3.63) is 0 Å². The maximum absolute atomic E-state index is 12.9. The summed E-state index contributed by atoms with van der Waals surface area (Å²) in [7, 11) is 0. The van der Waals surface area contributed by atoms with Gasteiger partial charge >= 0.3 is 24.2 Å². The number of alkyl halides is 4. The largest absolute Gasteiger partial charge is 0.480 e. The van der Waals surface area contributed by atoms with Gasteiger partial charge in [0.15, 0.2) is 0 Å². The Hall–Kier alpha value is -0.990. The molecular weight excluding hydrogens is 266 g/mol. The Bertz CT molecular complexity index is 339. The van der Waals surface area contributed by atoms with Gasteiger partial charge in [-0.3, -0.25) is 4.79 Å². The van der Waals surface area contributed by atoms with Crippen LogP contribution in [0.5, 0.6) is 0 Å². The fourth-order valence-corrected chi connectivity index (χ4v) is 2.57. The zero-order valence-corrected chi connectivity index (χ0v) is 9.39. The molecule has 0 radical (unpaired) electrons. The van der Waals surface area contributed by atoms with Gasteiger partial charge in [0.1, 0.15) is 6.04 Å². The second-order valence-corrected chi connectivity index (χ2v) is 4.77. The number of carbonyl (C=O) groups excluding carboxylic acids is 1. The van der Waals surface area contributed by atoms with Crippen LogP contribution in [0.25, 0.3) is 0 Å². The van der Waals surface area contributed by atoms with Crippen LogP contribution in [-0.2, 0) is 9.59 Å². The third-order valence-electron chi connectivity index (χ3n) is 2.30. The summed E-state index contributed by atoms with van der Waals surface area (Å²) in [6, 6.07) is -1.49. The summed E-state index contributed by atoms with van der Waals surface area (Å²) in [5.74, 6) is -8.58. The van der Waals surface area contributed by atoms with Crippen LogP contribution in [0.15, 0.2) is 0 Å². The molecule has 1 amide bonds. The Kier molecular flexibility index (Phi) is 3.90. The highest BCUT2D eigenvalue weighted by atomic mass is 32.2. The summed E-state index contributed by atoms with van der Waals surface area (Å²) in [6.45, 7) is 1.31. The van der Waals surface area contributed by atoms with E-state index in [1.54, 1.807) is 0 Å². The summed E-state index contributed by atoms with van der Waals surface area (Å²) in [5.41, 5.74) is 0. The van der Waals surface area contributed by atoms with E-state index in [1.165, 1.54) is 6.92 Å². The van der Waals surface area contributed by atoms with E-state index < -0.39 is 35.6 Å². The van der Waals surface area contributed by atoms with Crippen molar-refractivity contribution in [3.63, 3.8) is 0 Å². The number of aliphatic carboxylic acids is 1. The number of carboxylic acids is 1. The number of carboxylic acid groups (broad SMARTS) is 1. The molecule has 2 unspecified atom stereocenters. The minimum Gasteiger partial charge on any atom is -0.480 e. The maximum Gasteiger partial charge on any atom is 0.383 e.